The van der Waals surface area contributed by atoms with Crippen LogP contribution in [0.25, 0.3) is 10.8 Å². The molecule has 3 N–H and O–H groups in total. The maximum absolute atomic E-state index is 12.5. The number of carboxylic acid groups (broad SMARTS) is 1. The van der Waals surface area contributed by atoms with Gasteiger partial charge >= 0.3 is 12.0 Å². The standard InChI is InChI=1S/C15H16N4O5/c1-3-16-15(24)17-12(20)8(2)19-13(21)10-7-5-4-6-9(10)11(18-19)14(22)23/h4-8H,3H2,1-2H3,(H,22,23)(H2,16,17,20,24)/t8-/m0/s1. The monoisotopic (exact) mass is 332 g/mol. The Balaban J connectivity index is 2.50. The third-order valence-corrected chi connectivity index (χ3v) is 3.35. The number of nitrogens with zero attached hydrogens (tertiary/aromatic N) is 2. The van der Waals surface area contributed by atoms with Crippen LogP contribution in [0.1, 0.15) is 30.4 Å². The van der Waals surface area contributed by atoms with Gasteiger partial charge in [0.25, 0.3) is 11.5 Å². The van der Waals surface area contributed by atoms with Gasteiger partial charge < -0.3 is 10.4 Å². The van der Waals surface area contributed by atoms with Crippen LogP contribution in [0.4, 0.5) is 4.79 Å². The number of hydrogen-bond acceptors (Lipinski definition) is 5. The lowest BCUT2D eigenvalue weighted by molar-refractivity contribution is -0.123. The Morgan fingerprint density at radius 2 is 1.88 bits per heavy atom. The van der Waals surface area contributed by atoms with E-state index in [0.29, 0.717) is 6.54 Å². The number of carboxylic acids is 1. The van der Waals surface area contributed by atoms with Crippen molar-refractivity contribution < 1.29 is 19.5 Å². The molecular formula is C15H16N4O5. The molecule has 9 heteroatoms. The number of imide groups is 1. The van der Waals surface area contributed by atoms with E-state index in [0.717, 1.165) is 4.68 Å². The molecule has 24 heavy (non-hydrogen) atoms. The largest absolute Gasteiger partial charge is 0.476 e. The van der Waals surface area contributed by atoms with Gasteiger partial charge in [-0.1, -0.05) is 18.2 Å². The van der Waals surface area contributed by atoms with E-state index in [9.17, 15) is 24.3 Å². The quantitative estimate of drug-likeness (QED) is 0.747. The van der Waals surface area contributed by atoms with Crippen molar-refractivity contribution in [3.05, 3.63) is 40.3 Å². The normalized spacial score (nSPS) is 11.8. The van der Waals surface area contributed by atoms with Crippen LogP contribution in [0.5, 0.6) is 0 Å². The minimum absolute atomic E-state index is 0.127. The Morgan fingerprint density at radius 1 is 1.25 bits per heavy atom. The van der Waals surface area contributed by atoms with E-state index in [-0.39, 0.29) is 16.5 Å². The number of carbonyl (C=O) groups is 3. The van der Waals surface area contributed by atoms with Crippen molar-refractivity contribution in [3.63, 3.8) is 0 Å². The number of carbonyl (C=O) groups excluding carboxylic acids is 2. The molecule has 1 aromatic heterocycles. The number of aromatic nitrogens is 2. The van der Waals surface area contributed by atoms with Crippen LogP contribution in [-0.2, 0) is 4.79 Å². The average Bonchev–Trinajstić information content (AvgIpc) is 2.54. The van der Waals surface area contributed by atoms with Crippen LogP contribution >= 0.6 is 0 Å². The molecule has 0 fully saturated rings. The van der Waals surface area contributed by atoms with Crippen LogP contribution in [0.3, 0.4) is 0 Å². The lowest BCUT2D eigenvalue weighted by Gasteiger charge is -2.15. The minimum Gasteiger partial charge on any atom is -0.476 e. The number of hydrogen-bond donors (Lipinski definition) is 3. The molecule has 0 saturated carbocycles. The van der Waals surface area contributed by atoms with Gasteiger partial charge in [-0.2, -0.15) is 5.10 Å². The van der Waals surface area contributed by atoms with Crippen molar-refractivity contribution in [1.82, 2.24) is 20.4 Å². The first kappa shape index (κ1) is 17.1. The molecule has 1 heterocycles. The molecule has 0 spiro atoms. The predicted octanol–water partition coefficient (Wildman–Crippen LogP) is 0.501. The molecule has 0 aliphatic rings. The van der Waals surface area contributed by atoms with Crippen LogP contribution in [0.2, 0.25) is 0 Å². The van der Waals surface area contributed by atoms with E-state index in [2.05, 4.69) is 15.7 Å². The number of aromatic carboxylic acids is 1. The number of fused-ring (bicyclic) bond motifs is 1. The molecule has 2 rings (SSSR count). The fourth-order valence-electron chi connectivity index (χ4n) is 2.16. The zero-order chi connectivity index (χ0) is 17.9. The predicted molar refractivity (Wildman–Crippen MR) is 84.9 cm³/mol. The average molecular weight is 332 g/mol. The fraction of sp³-hybridized carbons (Fsp3) is 0.267. The Bertz CT molecular complexity index is 874. The van der Waals surface area contributed by atoms with E-state index < -0.39 is 29.5 Å². The van der Waals surface area contributed by atoms with Crippen molar-refractivity contribution in [2.24, 2.45) is 0 Å². The Kier molecular flexibility index (Phi) is 4.93. The highest BCUT2D eigenvalue weighted by atomic mass is 16.4. The zero-order valence-electron chi connectivity index (χ0n) is 13.1. The third-order valence-electron chi connectivity index (χ3n) is 3.35. The number of urea groups is 1. The van der Waals surface area contributed by atoms with Gasteiger partial charge in [-0.05, 0) is 19.9 Å². The molecule has 0 radical (unpaired) electrons. The molecule has 3 amide bonds. The lowest BCUT2D eigenvalue weighted by Crippen LogP contribution is -2.44. The summed E-state index contributed by atoms with van der Waals surface area (Å²) in [6.07, 6.45) is 0. The van der Waals surface area contributed by atoms with Gasteiger partial charge in [0.1, 0.15) is 6.04 Å². The molecule has 126 valence electrons. The van der Waals surface area contributed by atoms with E-state index in [1.54, 1.807) is 19.1 Å². The van der Waals surface area contributed by atoms with Gasteiger partial charge in [-0.3, -0.25) is 14.9 Å². The first-order valence-electron chi connectivity index (χ1n) is 7.20. The van der Waals surface area contributed by atoms with Crippen molar-refractivity contribution in [3.8, 4) is 0 Å². The van der Waals surface area contributed by atoms with Crippen LogP contribution in [-0.4, -0.2) is 39.3 Å². The minimum atomic E-state index is -1.32. The second-order valence-corrected chi connectivity index (χ2v) is 4.97. The number of amides is 3. The summed E-state index contributed by atoms with van der Waals surface area (Å²) in [5.41, 5.74) is -0.961. The van der Waals surface area contributed by atoms with Crippen LogP contribution in [0, 0.1) is 0 Å². The summed E-state index contributed by atoms with van der Waals surface area (Å²) in [4.78, 5) is 47.4. The summed E-state index contributed by atoms with van der Waals surface area (Å²) in [6.45, 7) is 3.36. The van der Waals surface area contributed by atoms with E-state index in [1.807, 2.05) is 0 Å². The van der Waals surface area contributed by atoms with Crippen molar-refractivity contribution in [1.29, 1.82) is 0 Å². The van der Waals surface area contributed by atoms with Gasteiger partial charge in [0, 0.05) is 11.9 Å². The van der Waals surface area contributed by atoms with Gasteiger partial charge in [-0.25, -0.2) is 14.3 Å². The Hall–Kier alpha value is -3.23. The van der Waals surface area contributed by atoms with Gasteiger partial charge in [0.05, 0.1) is 5.39 Å². The summed E-state index contributed by atoms with van der Waals surface area (Å²) in [6, 6.07) is 4.22. The highest BCUT2D eigenvalue weighted by Gasteiger charge is 2.23. The van der Waals surface area contributed by atoms with Crippen molar-refractivity contribution in [2.45, 2.75) is 19.9 Å². The maximum atomic E-state index is 12.5. The maximum Gasteiger partial charge on any atom is 0.357 e. The second-order valence-electron chi connectivity index (χ2n) is 4.97. The highest BCUT2D eigenvalue weighted by molar-refractivity contribution is 6.01. The zero-order valence-corrected chi connectivity index (χ0v) is 13.1. The molecule has 2 aromatic rings. The van der Waals surface area contributed by atoms with Gasteiger partial charge in [-0.15, -0.1) is 0 Å². The number of nitrogens with one attached hydrogen (secondary N) is 2. The summed E-state index contributed by atoms with van der Waals surface area (Å²) >= 11 is 0. The van der Waals surface area contributed by atoms with E-state index in [4.69, 9.17) is 0 Å². The summed E-state index contributed by atoms with van der Waals surface area (Å²) in [5.74, 6) is -2.10. The summed E-state index contributed by atoms with van der Waals surface area (Å²) < 4.78 is 0.764. The SMILES string of the molecule is CCNC(=O)NC(=O)[C@H](C)n1nc(C(=O)O)c2ccccc2c1=O. The molecule has 1 aromatic carbocycles. The summed E-state index contributed by atoms with van der Waals surface area (Å²) in [5, 5.41) is 17.8. The Labute approximate surface area is 136 Å². The third kappa shape index (κ3) is 3.24. The Morgan fingerprint density at radius 3 is 2.46 bits per heavy atom. The first-order valence-corrected chi connectivity index (χ1v) is 7.20. The second kappa shape index (κ2) is 6.90. The highest BCUT2D eigenvalue weighted by Crippen LogP contribution is 2.14. The van der Waals surface area contributed by atoms with Crippen LogP contribution in [0.15, 0.2) is 29.1 Å². The van der Waals surface area contributed by atoms with E-state index in [1.165, 1.54) is 19.1 Å². The molecule has 1 atom stereocenters. The van der Waals surface area contributed by atoms with Crippen molar-refractivity contribution >= 4 is 28.7 Å². The number of rotatable bonds is 4. The molecule has 0 aliphatic carbocycles. The molecule has 0 bridgehead atoms. The first-order chi connectivity index (χ1) is 11.4. The van der Waals surface area contributed by atoms with Gasteiger partial charge in [0.15, 0.2) is 5.69 Å². The smallest absolute Gasteiger partial charge is 0.357 e. The number of benzene rings is 1. The lowest BCUT2D eigenvalue weighted by atomic mass is 10.1. The molecule has 0 unspecified atom stereocenters. The summed E-state index contributed by atoms with van der Waals surface area (Å²) in [7, 11) is 0. The fourth-order valence-corrected chi connectivity index (χ4v) is 2.16. The molecule has 9 nitrogen and oxygen atoms in total. The molecule has 0 saturated heterocycles. The molecular weight excluding hydrogens is 316 g/mol. The van der Waals surface area contributed by atoms with Crippen LogP contribution < -0.4 is 16.2 Å². The van der Waals surface area contributed by atoms with E-state index >= 15 is 0 Å². The topological polar surface area (TPSA) is 130 Å². The van der Waals surface area contributed by atoms with Crippen molar-refractivity contribution in [2.75, 3.05) is 6.54 Å². The molecule has 0 aliphatic heterocycles. The van der Waals surface area contributed by atoms with Gasteiger partial charge in [0.2, 0.25) is 0 Å².